The van der Waals surface area contributed by atoms with Crippen LogP contribution in [0.5, 0.6) is 5.75 Å². The molecule has 0 aliphatic rings. The molecular weight excluding hydrogens is 354 g/mol. The average molecular weight is 378 g/mol. The smallest absolute Gasteiger partial charge is 0.266 e. The van der Waals surface area contributed by atoms with Crippen LogP contribution in [-0.4, -0.2) is 28.0 Å². The van der Waals surface area contributed by atoms with Crippen molar-refractivity contribution < 1.29 is 9.53 Å². The number of nitrogens with zero attached hydrogens (tertiary/aromatic N) is 2. The van der Waals surface area contributed by atoms with Gasteiger partial charge < -0.3 is 4.74 Å². The van der Waals surface area contributed by atoms with Crippen LogP contribution in [0.1, 0.15) is 33.3 Å². The lowest BCUT2D eigenvalue weighted by atomic mass is 9.87. The van der Waals surface area contributed by atoms with Gasteiger partial charge in [0.1, 0.15) is 5.75 Å². The number of aromatic nitrogens is 2. The number of ether oxygens (including phenoxy) is 1. The Morgan fingerprint density at radius 2 is 2.04 bits per heavy atom. The highest BCUT2D eigenvalue weighted by atomic mass is 32.2. The van der Waals surface area contributed by atoms with Crippen LogP contribution in [0.25, 0.3) is 0 Å². The van der Waals surface area contributed by atoms with Gasteiger partial charge in [-0.3, -0.25) is 10.1 Å². The third-order valence-corrected chi connectivity index (χ3v) is 5.33. The van der Waals surface area contributed by atoms with Crippen LogP contribution in [-0.2, 0) is 10.2 Å². The van der Waals surface area contributed by atoms with Gasteiger partial charge in [0.2, 0.25) is 5.13 Å². The van der Waals surface area contributed by atoms with Gasteiger partial charge in [-0.25, -0.2) is 0 Å². The van der Waals surface area contributed by atoms with Crippen molar-refractivity contribution in [1.82, 2.24) is 10.2 Å². The number of carbonyl (C=O) groups is 1. The molecule has 1 N–H and O–H groups in total. The van der Waals surface area contributed by atoms with Crippen molar-refractivity contribution >= 4 is 34.1 Å². The molecule has 5 nitrogen and oxygen atoms in total. The first-order valence-electron chi connectivity index (χ1n) is 7.95. The number of hydrogen-bond donors (Lipinski definition) is 1. The van der Waals surface area contributed by atoms with Crippen LogP contribution < -0.4 is 10.1 Å². The molecule has 1 unspecified atom stereocenters. The minimum Gasteiger partial charge on any atom is -0.481 e. The fourth-order valence-electron chi connectivity index (χ4n) is 1.95. The summed E-state index contributed by atoms with van der Waals surface area (Å²) < 4.78 is 6.51. The second-order valence-electron chi connectivity index (χ2n) is 6.50. The van der Waals surface area contributed by atoms with Gasteiger partial charge in [0.05, 0.1) is 0 Å². The van der Waals surface area contributed by atoms with Crippen LogP contribution in [0.15, 0.2) is 41.3 Å². The zero-order valence-electron chi connectivity index (χ0n) is 14.9. The van der Waals surface area contributed by atoms with E-state index in [0.29, 0.717) is 10.9 Å². The minimum atomic E-state index is -0.631. The Balaban J connectivity index is 1.91. The van der Waals surface area contributed by atoms with Crippen molar-refractivity contribution in [2.24, 2.45) is 0 Å². The van der Waals surface area contributed by atoms with E-state index >= 15 is 0 Å². The van der Waals surface area contributed by atoms with Gasteiger partial charge >= 0.3 is 0 Å². The molecule has 2 rings (SSSR count). The molecule has 1 heterocycles. The summed E-state index contributed by atoms with van der Waals surface area (Å²) in [4.78, 5) is 12.2. The monoisotopic (exact) mass is 377 g/mol. The van der Waals surface area contributed by atoms with Gasteiger partial charge in [-0.15, -0.1) is 16.8 Å². The molecule has 1 aromatic carbocycles. The van der Waals surface area contributed by atoms with Crippen LogP contribution in [0, 0.1) is 0 Å². The van der Waals surface area contributed by atoms with E-state index in [-0.39, 0.29) is 11.3 Å². The number of benzene rings is 1. The summed E-state index contributed by atoms with van der Waals surface area (Å²) in [6.45, 7) is 11.8. The maximum absolute atomic E-state index is 12.2. The van der Waals surface area contributed by atoms with Crippen molar-refractivity contribution in [3.8, 4) is 5.75 Å². The van der Waals surface area contributed by atoms with E-state index in [0.717, 1.165) is 10.1 Å². The summed E-state index contributed by atoms with van der Waals surface area (Å²) >= 11 is 2.86. The number of amides is 1. The zero-order chi connectivity index (χ0) is 18.4. The summed E-state index contributed by atoms with van der Waals surface area (Å²) in [5.41, 5.74) is 1.30. The molecule has 0 radical (unpaired) electrons. The molecule has 7 heteroatoms. The van der Waals surface area contributed by atoms with Gasteiger partial charge in [0, 0.05) is 5.75 Å². The first-order valence-corrected chi connectivity index (χ1v) is 9.75. The minimum absolute atomic E-state index is 0.0840. The summed E-state index contributed by atoms with van der Waals surface area (Å²) in [7, 11) is 0. The Bertz CT molecular complexity index is 721. The quantitative estimate of drug-likeness (QED) is 0.437. The molecule has 0 fully saturated rings. The van der Waals surface area contributed by atoms with E-state index in [2.05, 4.69) is 42.9 Å². The molecule has 1 amide bonds. The van der Waals surface area contributed by atoms with E-state index in [1.807, 2.05) is 24.3 Å². The summed E-state index contributed by atoms with van der Waals surface area (Å²) in [6.07, 6.45) is 1.17. The summed E-state index contributed by atoms with van der Waals surface area (Å²) in [5.74, 6) is 1.17. The molecule has 1 aromatic heterocycles. The molecule has 0 spiro atoms. The Kier molecular flexibility index (Phi) is 6.61. The average Bonchev–Trinajstić information content (AvgIpc) is 3.00. The van der Waals surface area contributed by atoms with Crippen LogP contribution in [0.2, 0.25) is 0 Å². The molecule has 0 saturated carbocycles. The maximum atomic E-state index is 12.2. The molecule has 134 valence electrons. The summed E-state index contributed by atoms with van der Waals surface area (Å²) in [5, 5.41) is 11.2. The normalized spacial score (nSPS) is 12.5. The predicted octanol–water partition coefficient (Wildman–Crippen LogP) is 4.52. The summed E-state index contributed by atoms with van der Waals surface area (Å²) in [6, 6.07) is 7.82. The first-order chi connectivity index (χ1) is 11.8. The van der Waals surface area contributed by atoms with E-state index in [4.69, 9.17) is 4.74 Å². The van der Waals surface area contributed by atoms with E-state index in [1.165, 1.54) is 28.7 Å². The van der Waals surface area contributed by atoms with E-state index in [1.54, 1.807) is 13.0 Å². The van der Waals surface area contributed by atoms with Crippen molar-refractivity contribution in [2.75, 3.05) is 11.1 Å². The van der Waals surface area contributed by atoms with Gasteiger partial charge in [0.15, 0.2) is 10.4 Å². The van der Waals surface area contributed by atoms with Crippen molar-refractivity contribution in [3.05, 3.63) is 42.5 Å². The van der Waals surface area contributed by atoms with E-state index in [9.17, 15) is 4.79 Å². The highest BCUT2D eigenvalue weighted by Gasteiger charge is 2.18. The largest absolute Gasteiger partial charge is 0.481 e. The number of carbonyl (C=O) groups excluding carboxylic acids is 1. The number of nitrogens with one attached hydrogen (secondary N) is 1. The van der Waals surface area contributed by atoms with Crippen LogP contribution >= 0.6 is 23.1 Å². The predicted molar refractivity (Wildman–Crippen MR) is 105 cm³/mol. The Labute approximate surface area is 156 Å². The number of rotatable bonds is 7. The second-order valence-corrected chi connectivity index (χ2v) is 8.74. The SMILES string of the molecule is C=CCSc1nnc(NC(=O)C(C)Oc2ccc(C(C)(C)C)cc2)s1. The van der Waals surface area contributed by atoms with Gasteiger partial charge in [-0.05, 0) is 30.0 Å². The fourth-order valence-corrected chi connectivity index (χ4v) is 3.46. The Hall–Kier alpha value is -1.86. The Morgan fingerprint density at radius 3 is 2.64 bits per heavy atom. The molecule has 0 aliphatic heterocycles. The van der Waals surface area contributed by atoms with Crippen LogP contribution in [0.4, 0.5) is 5.13 Å². The second kappa shape index (κ2) is 8.49. The third kappa shape index (κ3) is 5.86. The van der Waals surface area contributed by atoms with Crippen LogP contribution in [0.3, 0.4) is 0 Å². The lowest BCUT2D eigenvalue weighted by molar-refractivity contribution is -0.122. The molecule has 1 atom stereocenters. The van der Waals surface area contributed by atoms with Gasteiger partial charge in [0.25, 0.3) is 5.91 Å². The molecule has 0 aliphatic carbocycles. The molecule has 0 saturated heterocycles. The molecule has 25 heavy (non-hydrogen) atoms. The first kappa shape index (κ1) is 19.5. The molecule has 0 bridgehead atoms. The van der Waals surface area contributed by atoms with Crippen molar-refractivity contribution in [1.29, 1.82) is 0 Å². The molecular formula is C18H23N3O2S2. The van der Waals surface area contributed by atoms with Gasteiger partial charge in [-0.2, -0.15) is 0 Å². The lowest BCUT2D eigenvalue weighted by Gasteiger charge is -2.20. The standard InChI is InChI=1S/C18H23N3O2S2/c1-6-11-24-17-21-20-16(25-17)19-15(22)12(2)23-14-9-7-13(8-10-14)18(3,4)5/h6-10,12H,1,11H2,2-5H3,(H,19,20,22). The molecule has 2 aromatic rings. The highest BCUT2D eigenvalue weighted by Crippen LogP contribution is 2.26. The highest BCUT2D eigenvalue weighted by molar-refractivity contribution is 8.01. The maximum Gasteiger partial charge on any atom is 0.266 e. The third-order valence-electron chi connectivity index (χ3n) is 3.36. The topological polar surface area (TPSA) is 64.1 Å². The number of anilines is 1. The lowest BCUT2D eigenvalue weighted by Crippen LogP contribution is -2.30. The van der Waals surface area contributed by atoms with E-state index < -0.39 is 6.10 Å². The Morgan fingerprint density at radius 1 is 1.36 bits per heavy atom. The van der Waals surface area contributed by atoms with Gasteiger partial charge in [-0.1, -0.05) is 62.1 Å². The fraction of sp³-hybridized carbons (Fsp3) is 0.389. The number of hydrogen-bond acceptors (Lipinski definition) is 6. The van der Waals surface area contributed by atoms with Crippen molar-refractivity contribution in [3.63, 3.8) is 0 Å². The zero-order valence-corrected chi connectivity index (χ0v) is 16.5. The number of thioether (sulfide) groups is 1. The van der Waals surface area contributed by atoms with Crippen molar-refractivity contribution in [2.45, 2.75) is 43.6 Å².